The first-order chi connectivity index (χ1) is 6.13. The van der Waals surface area contributed by atoms with Crippen LogP contribution in [0.3, 0.4) is 0 Å². The minimum absolute atomic E-state index is 0.106. The zero-order valence-corrected chi connectivity index (χ0v) is 8.29. The molecular formula is C8H16N2O3. The van der Waals surface area contributed by atoms with Crippen molar-refractivity contribution in [2.75, 3.05) is 33.8 Å². The Balaban J connectivity index is 3.89. The molecular weight excluding hydrogens is 172 g/mol. The summed E-state index contributed by atoms with van der Waals surface area (Å²) in [5.41, 5.74) is 0. The molecule has 0 atom stereocenters. The average Bonchev–Trinajstić information content (AvgIpc) is 2.16. The van der Waals surface area contributed by atoms with Gasteiger partial charge in [-0.05, 0) is 6.54 Å². The normalized spacial score (nSPS) is 9.85. The second kappa shape index (κ2) is 6.42. The maximum atomic E-state index is 10.9. The third-order valence-corrected chi connectivity index (χ3v) is 1.67. The molecule has 1 N–H and O–H groups in total. The number of carbonyl (C=O) groups excluding carboxylic acids is 2. The summed E-state index contributed by atoms with van der Waals surface area (Å²) < 4.78 is 4.49. The highest BCUT2D eigenvalue weighted by atomic mass is 16.5. The predicted octanol–water partition coefficient (Wildman–Crippen LogP) is -0.773. The van der Waals surface area contributed by atoms with E-state index in [1.165, 1.54) is 7.11 Å². The Hall–Kier alpha value is -1.10. The summed E-state index contributed by atoms with van der Waals surface area (Å²) in [5.74, 6) is -0.434. The smallest absolute Gasteiger partial charge is 0.319 e. The average molecular weight is 188 g/mol. The van der Waals surface area contributed by atoms with Crippen molar-refractivity contribution in [2.45, 2.75) is 6.92 Å². The number of nitrogens with zero attached hydrogens (tertiary/aromatic N) is 1. The number of carbonyl (C=O) groups is 2. The number of rotatable bonds is 5. The molecule has 13 heavy (non-hydrogen) atoms. The van der Waals surface area contributed by atoms with Crippen LogP contribution in [0.15, 0.2) is 0 Å². The Morgan fingerprint density at radius 1 is 1.38 bits per heavy atom. The van der Waals surface area contributed by atoms with Crippen LogP contribution in [0.25, 0.3) is 0 Å². The second-order valence-corrected chi connectivity index (χ2v) is 2.55. The highest BCUT2D eigenvalue weighted by Gasteiger charge is 2.11. The minimum atomic E-state index is -0.328. The van der Waals surface area contributed by atoms with Crippen molar-refractivity contribution >= 4 is 11.9 Å². The van der Waals surface area contributed by atoms with Crippen molar-refractivity contribution in [3.63, 3.8) is 0 Å². The number of hydrogen-bond acceptors (Lipinski definition) is 4. The van der Waals surface area contributed by atoms with Gasteiger partial charge < -0.3 is 10.1 Å². The van der Waals surface area contributed by atoms with Gasteiger partial charge in [0.25, 0.3) is 0 Å². The largest absolute Gasteiger partial charge is 0.468 e. The predicted molar refractivity (Wildman–Crippen MR) is 48.2 cm³/mol. The maximum absolute atomic E-state index is 10.9. The van der Waals surface area contributed by atoms with Crippen molar-refractivity contribution < 1.29 is 14.3 Å². The molecule has 0 radical (unpaired) electrons. The lowest BCUT2D eigenvalue weighted by Crippen LogP contribution is -2.38. The van der Waals surface area contributed by atoms with E-state index in [2.05, 4.69) is 10.1 Å². The van der Waals surface area contributed by atoms with E-state index in [1.54, 1.807) is 11.9 Å². The van der Waals surface area contributed by atoms with Gasteiger partial charge >= 0.3 is 5.97 Å². The number of esters is 1. The van der Waals surface area contributed by atoms with Gasteiger partial charge in [0.15, 0.2) is 0 Å². The molecule has 0 heterocycles. The van der Waals surface area contributed by atoms with Crippen LogP contribution in [0.5, 0.6) is 0 Å². The van der Waals surface area contributed by atoms with Gasteiger partial charge in [0.05, 0.1) is 20.2 Å². The summed E-state index contributed by atoms with van der Waals surface area (Å²) in [6.45, 7) is 2.90. The van der Waals surface area contributed by atoms with E-state index in [0.717, 1.165) is 0 Å². The number of hydrogen-bond donors (Lipinski definition) is 1. The fourth-order valence-electron chi connectivity index (χ4n) is 0.809. The Morgan fingerprint density at radius 3 is 2.38 bits per heavy atom. The van der Waals surface area contributed by atoms with Crippen molar-refractivity contribution in [3.05, 3.63) is 0 Å². The Kier molecular flexibility index (Phi) is 5.88. The molecule has 5 heteroatoms. The zero-order valence-electron chi connectivity index (χ0n) is 8.29. The van der Waals surface area contributed by atoms with Crippen molar-refractivity contribution in [2.24, 2.45) is 0 Å². The van der Waals surface area contributed by atoms with Gasteiger partial charge in [0.2, 0.25) is 5.91 Å². The minimum Gasteiger partial charge on any atom is -0.468 e. The van der Waals surface area contributed by atoms with E-state index in [9.17, 15) is 9.59 Å². The van der Waals surface area contributed by atoms with Crippen molar-refractivity contribution in [1.82, 2.24) is 10.2 Å². The molecule has 0 rings (SSSR count). The lowest BCUT2D eigenvalue weighted by molar-refractivity contribution is -0.142. The molecule has 0 saturated carbocycles. The number of methoxy groups -OCH3 is 1. The summed E-state index contributed by atoms with van der Waals surface area (Å²) in [6, 6.07) is 0. The fourth-order valence-corrected chi connectivity index (χ4v) is 0.809. The first-order valence-corrected chi connectivity index (χ1v) is 4.13. The molecule has 0 aromatic heterocycles. The summed E-state index contributed by atoms with van der Waals surface area (Å²) in [7, 11) is 2.89. The lowest BCUT2D eigenvalue weighted by Gasteiger charge is -2.17. The molecule has 0 aliphatic heterocycles. The van der Waals surface area contributed by atoms with Crippen LogP contribution < -0.4 is 5.32 Å². The Morgan fingerprint density at radius 2 is 2.00 bits per heavy atom. The van der Waals surface area contributed by atoms with E-state index in [0.29, 0.717) is 6.54 Å². The molecule has 5 nitrogen and oxygen atoms in total. The van der Waals surface area contributed by atoms with E-state index in [-0.39, 0.29) is 25.0 Å². The number of likely N-dealkylation sites (N-methyl/N-ethyl adjacent to an activating group) is 2. The molecule has 1 amide bonds. The van der Waals surface area contributed by atoms with Gasteiger partial charge in [-0.2, -0.15) is 0 Å². The SMILES string of the molecule is CCN(CC(=O)NC)CC(=O)OC. The summed E-state index contributed by atoms with van der Waals surface area (Å²) >= 11 is 0. The number of ether oxygens (including phenoxy) is 1. The van der Waals surface area contributed by atoms with Gasteiger partial charge in [0.1, 0.15) is 0 Å². The second-order valence-electron chi connectivity index (χ2n) is 2.55. The third kappa shape index (κ3) is 5.19. The lowest BCUT2D eigenvalue weighted by atomic mass is 10.4. The van der Waals surface area contributed by atoms with Gasteiger partial charge in [-0.1, -0.05) is 6.92 Å². The van der Waals surface area contributed by atoms with Crippen LogP contribution in [0.2, 0.25) is 0 Å². The molecule has 0 fully saturated rings. The van der Waals surface area contributed by atoms with Gasteiger partial charge in [-0.3, -0.25) is 14.5 Å². The fraction of sp³-hybridized carbons (Fsp3) is 0.750. The van der Waals surface area contributed by atoms with Crippen LogP contribution in [0.1, 0.15) is 6.92 Å². The van der Waals surface area contributed by atoms with Crippen LogP contribution in [0, 0.1) is 0 Å². The van der Waals surface area contributed by atoms with Crippen LogP contribution in [0.4, 0.5) is 0 Å². The molecule has 0 aromatic rings. The summed E-state index contributed by atoms with van der Waals surface area (Å²) in [5, 5.41) is 2.49. The van der Waals surface area contributed by atoms with Crippen molar-refractivity contribution in [1.29, 1.82) is 0 Å². The molecule has 0 bridgehead atoms. The first kappa shape index (κ1) is 11.9. The highest BCUT2D eigenvalue weighted by molar-refractivity contribution is 5.78. The van der Waals surface area contributed by atoms with E-state index >= 15 is 0 Å². The molecule has 0 aliphatic carbocycles. The standard InChI is InChI=1S/C8H16N2O3/c1-4-10(5-7(11)9-2)6-8(12)13-3/h4-6H2,1-3H3,(H,9,11). The van der Waals surface area contributed by atoms with Gasteiger partial charge in [-0.25, -0.2) is 0 Å². The number of nitrogens with one attached hydrogen (secondary N) is 1. The van der Waals surface area contributed by atoms with Gasteiger partial charge in [0, 0.05) is 7.05 Å². The van der Waals surface area contributed by atoms with Crippen LogP contribution >= 0.6 is 0 Å². The Bertz CT molecular complexity index is 164. The van der Waals surface area contributed by atoms with Crippen LogP contribution in [-0.2, 0) is 14.3 Å². The quantitative estimate of drug-likeness (QED) is 0.575. The molecule has 0 aromatic carbocycles. The first-order valence-electron chi connectivity index (χ1n) is 4.13. The topological polar surface area (TPSA) is 58.6 Å². The van der Waals surface area contributed by atoms with E-state index < -0.39 is 0 Å². The van der Waals surface area contributed by atoms with Crippen molar-refractivity contribution in [3.8, 4) is 0 Å². The molecule has 0 spiro atoms. The maximum Gasteiger partial charge on any atom is 0.319 e. The van der Waals surface area contributed by atoms with Gasteiger partial charge in [-0.15, -0.1) is 0 Å². The summed E-state index contributed by atoms with van der Waals surface area (Å²) in [6.07, 6.45) is 0. The monoisotopic (exact) mass is 188 g/mol. The highest BCUT2D eigenvalue weighted by Crippen LogP contribution is 1.88. The van der Waals surface area contributed by atoms with E-state index in [1.807, 2.05) is 6.92 Å². The third-order valence-electron chi connectivity index (χ3n) is 1.67. The van der Waals surface area contributed by atoms with Crippen LogP contribution in [-0.4, -0.2) is 50.6 Å². The molecule has 0 saturated heterocycles. The number of amides is 1. The summed E-state index contributed by atoms with van der Waals surface area (Å²) in [4.78, 5) is 23.5. The Labute approximate surface area is 78.0 Å². The molecule has 0 aliphatic rings. The molecule has 0 unspecified atom stereocenters. The van der Waals surface area contributed by atoms with E-state index in [4.69, 9.17) is 0 Å². The molecule has 76 valence electrons. The zero-order chi connectivity index (χ0) is 10.3.